The van der Waals surface area contributed by atoms with Crippen LogP contribution in [-0.2, 0) is 0 Å². The normalized spacial score (nSPS) is 11.4. The smallest absolute Gasteiger partial charge is 0.235 e. The molecule has 2 aromatic carbocycles. The molecule has 2 heterocycles. The lowest BCUT2D eigenvalue weighted by atomic mass is 10.1. The third kappa shape index (κ3) is 3.41. The molecular weight excluding hydrogens is 360 g/mol. The summed E-state index contributed by atoms with van der Waals surface area (Å²) in [6.45, 7) is 2.06. The number of ether oxygens (including phenoxy) is 2. The molecule has 0 aliphatic heterocycles. The molecule has 136 valence electrons. The highest BCUT2D eigenvalue weighted by Crippen LogP contribution is 2.29. The lowest BCUT2D eigenvalue weighted by molar-refractivity contribution is 0.355. The van der Waals surface area contributed by atoms with E-state index < -0.39 is 0 Å². The molecule has 0 amide bonds. The summed E-state index contributed by atoms with van der Waals surface area (Å²) < 4.78 is 12.4. The molecule has 0 aliphatic rings. The van der Waals surface area contributed by atoms with E-state index in [4.69, 9.17) is 9.47 Å². The van der Waals surface area contributed by atoms with Crippen molar-refractivity contribution in [3.05, 3.63) is 58.6 Å². The fourth-order valence-corrected chi connectivity index (χ4v) is 3.45. The van der Waals surface area contributed by atoms with Gasteiger partial charge in [0, 0.05) is 5.56 Å². The fraction of sp³-hybridized carbons (Fsp3) is 0.150. The van der Waals surface area contributed by atoms with E-state index in [-0.39, 0.29) is 0 Å². The molecule has 0 atom stereocenters. The number of fused-ring (bicyclic) bond motifs is 1. The number of nitrogens with zero attached hydrogens (tertiary/aromatic N) is 4. The van der Waals surface area contributed by atoms with Crippen LogP contribution in [0.1, 0.15) is 16.1 Å². The minimum absolute atomic E-state index is 0.694. The third-order valence-corrected chi connectivity index (χ3v) is 5.01. The molecule has 0 N–H and O–H groups in total. The van der Waals surface area contributed by atoms with Gasteiger partial charge in [-0.25, -0.2) is 0 Å². The topological polar surface area (TPSA) is 61.5 Å². The molecule has 0 unspecified atom stereocenters. The van der Waals surface area contributed by atoms with Gasteiger partial charge in [-0.2, -0.15) is 9.61 Å². The molecule has 4 rings (SSSR count). The van der Waals surface area contributed by atoms with Crippen LogP contribution in [0.25, 0.3) is 28.5 Å². The highest BCUT2D eigenvalue weighted by atomic mass is 32.1. The molecule has 6 nitrogen and oxygen atoms in total. The Morgan fingerprint density at radius 3 is 2.44 bits per heavy atom. The van der Waals surface area contributed by atoms with Crippen LogP contribution in [0.5, 0.6) is 11.5 Å². The van der Waals surface area contributed by atoms with Crippen LogP contribution in [0.2, 0.25) is 0 Å². The lowest BCUT2D eigenvalue weighted by Gasteiger charge is -2.07. The summed E-state index contributed by atoms with van der Waals surface area (Å²) in [6.07, 6.45) is 3.94. The van der Waals surface area contributed by atoms with Gasteiger partial charge in [-0.1, -0.05) is 53.3 Å². The third-order valence-electron chi connectivity index (χ3n) is 4.14. The number of benzene rings is 2. The summed E-state index contributed by atoms with van der Waals surface area (Å²) in [5.74, 6) is 2.14. The van der Waals surface area contributed by atoms with E-state index in [0.717, 1.165) is 26.9 Å². The standard InChI is InChI=1S/C20H18N4O2S/c1-13-4-8-15(9-5-13)19-21-22-20-24(19)23-18(27-20)11-7-14-6-10-16(25-2)17(12-14)26-3/h4-12H,1-3H3/b11-7+. The average molecular weight is 378 g/mol. The van der Waals surface area contributed by atoms with Gasteiger partial charge in [0.1, 0.15) is 5.01 Å². The molecule has 7 heteroatoms. The fourth-order valence-electron chi connectivity index (χ4n) is 2.71. The quantitative estimate of drug-likeness (QED) is 0.517. The molecule has 0 radical (unpaired) electrons. The summed E-state index contributed by atoms with van der Waals surface area (Å²) in [4.78, 5) is 0.762. The average Bonchev–Trinajstić information content (AvgIpc) is 3.27. The van der Waals surface area contributed by atoms with Crippen LogP contribution in [0, 0.1) is 6.92 Å². The van der Waals surface area contributed by atoms with Gasteiger partial charge >= 0.3 is 0 Å². The van der Waals surface area contributed by atoms with Gasteiger partial charge in [0.15, 0.2) is 17.3 Å². The van der Waals surface area contributed by atoms with Crippen LogP contribution in [-0.4, -0.2) is 34.0 Å². The zero-order valence-corrected chi connectivity index (χ0v) is 16.0. The summed E-state index contributed by atoms with van der Waals surface area (Å²) in [5, 5.41) is 14.0. The SMILES string of the molecule is COc1ccc(/C=C/c2nn3c(-c4ccc(C)cc4)nnc3s2)cc1OC. The number of aromatic nitrogens is 4. The Morgan fingerprint density at radius 2 is 1.70 bits per heavy atom. The molecule has 2 aromatic heterocycles. The van der Waals surface area contributed by atoms with E-state index in [9.17, 15) is 0 Å². The molecule has 0 spiro atoms. The molecule has 0 bridgehead atoms. The molecule has 4 aromatic rings. The van der Waals surface area contributed by atoms with Crippen molar-refractivity contribution in [2.75, 3.05) is 14.2 Å². The minimum Gasteiger partial charge on any atom is -0.493 e. The number of methoxy groups -OCH3 is 2. The molecule has 27 heavy (non-hydrogen) atoms. The lowest BCUT2D eigenvalue weighted by Crippen LogP contribution is -1.91. The van der Waals surface area contributed by atoms with Crippen molar-refractivity contribution in [3.63, 3.8) is 0 Å². The Hall–Kier alpha value is -3.19. The number of hydrogen-bond donors (Lipinski definition) is 0. The van der Waals surface area contributed by atoms with Crippen LogP contribution in [0.4, 0.5) is 0 Å². The first-order valence-corrected chi connectivity index (χ1v) is 9.19. The highest BCUT2D eigenvalue weighted by Gasteiger charge is 2.12. The van der Waals surface area contributed by atoms with E-state index >= 15 is 0 Å². The van der Waals surface area contributed by atoms with E-state index in [0.29, 0.717) is 11.5 Å². The zero-order chi connectivity index (χ0) is 18.8. The van der Waals surface area contributed by atoms with Crippen molar-refractivity contribution in [3.8, 4) is 22.9 Å². The summed E-state index contributed by atoms with van der Waals surface area (Å²) >= 11 is 1.49. The predicted molar refractivity (Wildman–Crippen MR) is 107 cm³/mol. The predicted octanol–water partition coefficient (Wildman–Crippen LogP) is 4.35. The maximum Gasteiger partial charge on any atom is 0.235 e. The Labute approximate surface area is 160 Å². The minimum atomic E-state index is 0.694. The van der Waals surface area contributed by atoms with Gasteiger partial charge in [0.2, 0.25) is 4.96 Å². The molecule has 0 saturated heterocycles. The van der Waals surface area contributed by atoms with Crippen LogP contribution in [0.15, 0.2) is 42.5 Å². The maximum absolute atomic E-state index is 5.34. The van der Waals surface area contributed by atoms with E-state index in [2.05, 4.69) is 34.4 Å². The Bertz CT molecular complexity index is 1110. The number of rotatable bonds is 5. The Balaban J connectivity index is 1.63. The summed E-state index contributed by atoms with van der Waals surface area (Å²) in [6, 6.07) is 14.0. The number of aryl methyl sites for hydroxylation is 1. The second-order valence-electron chi connectivity index (χ2n) is 5.97. The second-order valence-corrected chi connectivity index (χ2v) is 6.96. The first-order chi connectivity index (χ1) is 13.2. The van der Waals surface area contributed by atoms with Crippen LogP contribution >= 0.6 is 11.3 Å². The van der Waals surface area contributed by atoms with Gasteiger partial charge < -0.3 is 9.47 Å². The van der Waals surface area contributed by atoms with E-state index in [1.807, 2.05) is 42.5 Å². The van der Waals surface area contributed by atoms with Crippen molar-refractivity contribution >= 4 is 28.4 Å². The second kappa shape index (κ2) is 7.20. The summed E-state index contributed by atoms with van der Waals surface area (Å²) in [7, 11) is 3.25. The van der Waals surface area contributed by atoms with Crippen molar-refractivity contribution in [2.24, 2.45) is 0 Å². The van der Waals surface area contributed by atoms with Crippen molar-refractivity contribution < 1.29 is 9.47 Å². The van der Waals surface area contributed by atoms with Crippen LogP contribution in [0.3, 0.4) is 0 Å². The monoisotopic (exact) mass is 378 g/mol. The van der Waals surface area contributed by atoms with Gasteiger partial charge in [-0.15, -0.1) is 10.2 Å². The first-order valence-electron chi connectivity index (χ1n) is 8.37. The van der Waals surface area contributed by atoms with Crippen molar-refractivity contribution in [2.45, 2.75) is 6.92 Å². The van der Waals surface area contributed by atoms with E-state index in [1.54, 1.807) is 18.7 Å². The Kier molecular flexibility index (Phi) is 4.60. The largest absolute Gasteiger partial charge is 0.493 e. The molecule has 0 fully saturated rings. The first kappa shape index (κ1) is 17.2. The van der Waals surface area contributed by atoms with Gasteiger partial charge in [0.05, 0.1) is 14.2 Å². The number of hydrogen-bond acceptors (Lipinski definition) is 6. The van der Waals surface area contributed by atoms with Crippen LogP contribution < -0.4 is 9.47 Å². The van der Waals surface area contributed by atoms with Crippen molar-refractivity contribution in [1.82, 2.24) is 19.8 Å². The van der Waals surface area contributed by atoms with Crippen molar-refractivity contribution in [1.29, 1.82) is 0 Å². The molecule has 0 aliphatic carbocycles. The molecular formula is C20H18N4O2S. The highest BCUT2D eigenvalue weighted by molar-refractivity contribution is 7.17. The van der Waals surface area contributed by atoms with Gasteiger partial charge in [-0.3, -0.25) is 0 Å². The Morgan fingerprint density at radius 1 is 0.926 bits per heavy atom. The zero-order valence-electron chi connectivity index (χ0n) is 15.2. The summed E-state index contributed by atoms with van der Waals surface area (Å²) in [5.41, 5.74) is 3.20. The van der Waals surface area contributed by atoms with Gasteiger partial charge in [-0.05, 0) is 30.7 Å². The van der Waals surface area contributed by atoms with E-state index in [1.165, 1.54) is 16.9 Å². The molecule has 0 saturated carbocycles. The maximum atomic E-state index is 5.34. The van der Waals surface area contributed by atoms with Gasteiger partial charge in [0.25, 0.3) is 0 Å².